The topological polar surface area (TPSA) is 71.0 Å². The van der Waals surface area contributed by atoms with Crippen LogP contribution in [0.1, 0.15) is 19.3 Å². The summed E-state index contributed by atoms with van der Waals surface area (Å²) < 4.78 is 0. The highest BCUT2D eigenvalue weighted by molar-refractivity contribution is 6.43. The third-order valence-corrected chi connectivity index (χ3v) is 2.29. The van der Waals surface area contributed by atoms with E-state index in [1.807, 2.05) is 4.90 Å². The van der Waals surface area contributed by atoms with Crippen LogP contribution in [0.4, 0.5) is 0 Å². The lowest BCUT2D eigenvalue weighted by Crippen LogP contribution is -2.34. The van der Waals surface area contributed by atoms with Crippen LogP contribution in [0.15, 0.2) is 10.2 Å². The van der Waals surface area contributed by atoms with E-state index in [0.717, 1.165) is 25.9 Å². The van der Waals surface area contributed by atoms with Crippen molar-refractivity contribution in [2.75, 3.05) is 13.1 Å². The van der Waals surface area contributed by atoms with E-state index in [1.54, 1.807) is 0 Å². The average Bonchev–Trinajstić information content (AvgIpc) is 2.72. The van der Waals surface area contributed by atoms with Crippen LogP contribution in [0.25, 0.3) is 0 Å². The summed E-state index contributed by atoms with van der Waals surface area (Å²) in [4.78, 5) is 13.5. The van der Waals surface area contributed by atoms with Gasteiger partial charge in [-0.3, -0.25) is 4.79 Å². The summed E-state index contributed by atoms with van der Waals surface area (Å²) in [5.74, 6) is 0.434. The summed E-state index contributed by atoms with van der Waals surface area (Å²) in [6.45, 7) is 1.69. The molecule has 5 heteroatoms. The van der Waals surface area contributed by atoms with Crippen LogP contribution in [0.2, 0.25) is 0 Å². The van der Waals surface area contributed by atoms with Crippen LogP contribution >= 0.6 is 0 Å². The summed E-state index contributed by atoms with van der Waals surface area (Å²) in [5, 5.41) is 7.39. The maximum absolute atomic E-state index is 11.7. The smallest absolute Gasteiger partial charge is 0.270 e. The van der Waals surface area contributed by atoms with Crippen molar-refractivity contribution in [1.82, 2.24) is 4.90 Å². The molecular weight excluding hydrogens is 168 g/mol. The molecule has 2 N–H and O–H groups in total. The Morgan fingerprint density at radius 2 is 2.00 bits per heavy atom. The van der Waals surface area contributed by atoms with Crippen molar-refractivity contribution < 1.29 is 4.79 Å². The largest absolute Gasteiger partial charge is 0.385 e. The van der Waals surface area contributed by atoms with Gasteiger partial charge in [-0.15, -0.1) is 10.2 Å². The Morgan fingerprint density at radius 3 is 2.54 bits per heavy atom. The number of nitrogens with two attached hydrogens (primary N) is 1. The third kappa shape index (κ3) is 1.54. The average molecular weight is 180 g/mol. The van der Waals surface area contributed by atoms with E-state index in [-0.39, 0.29) is 5.91 Å². The number of likely N-dealkylation sites (tertiary alicyclic amines) is 1. The molecule has 0 aromatic rings. The Balaban J connectivity index is 1.98. The number of carbonyl (C=O) groups is 1. The highest BCUT2D eigenvalue weighted by atomic mass is 16.2. The number of hydrogen-bond acceptors (Lipinski definition) is 4. The van der Waals surface area contributed by atoms with Crippen molar-refractivity contribution in [2.24, 2.45) is 15.9 Å². The minimum atomic E-state index is 0.00157. The highest BCUT2D eigenvalue weighted by Crippen LogP contribution is 2.10. The number of rotatable bonds is 1. The Bertz CT molecular complexity index is 289. The van der Waals surface area contributed by atoms with Gasteiger partial charge in [0.2, 0.25) is 0 Å². The molecule has 0 aliphatic carbocycles. The van der Waals surface area contributed by atoms with Gasteiger partial charge < -0.3 is 10.6 Å². The molecule has 0 spiro atoms. The van der Waals surface area contributed by atoms with Crippen LogP contribution in [0, 0.1) is 0 Å². The molecule has 1 amide bonds. The van der Waals surface area contributed by atoms with Gasteiger partial charge in [0.25, 0.3) is 5.91 Å². The molecule has 0 saturated carbocycles. The molecule has 0 aromatic heterocycles. The van der Waals surface area contributed by atoms with E-state index in [9.17, 15) is 4.79 Å². The van der Waals surface area contributed by atoms with Gasteiger partial charge in [-0.1, -0.05) is 0 Å². The zero-order valence-electron chi connectivity index (χ0n) is 7.36. The lowest BCUT2D eigenvalue weighted by molar-refractivity contribution is -0.123. The number of hydrogen-bond donors (Lipinski definition) is 1. The molecule has 1 saturated heterocycles. The van der Waals surface area contributed by atoms with Crippen molar-refractivity contribution in [3.8, 4) is 0 Å². The quantitative estimate of drug-likeness (QED) is 0.603. The molecule has 2 aliphatic rings. The van der Waals surface area contributed by atoms with Crippen LogP contribution < -0.4 is 5.73 Å². The molecule has 0 aromatic carbocycles. The second kappa shape index (κ2) is 3.16. The van der Waals surface area contributed by atoms with Gasteiger partial charge in [0, 0.05) is 13.1 Å². The second-order valence-corrected chi connectivity index (χ2v) is 3.31. The fourth-order valence-electron chi connectivity index (χ4n) is 1.59. The molecule has 0 radical (unpaired) electrons. The lowest BCUT2D eigenvalue weighted by atomic mass is 10.2. The van der Waals surface area contributed by atoms with Gasteiger partial charge >= 0.3 is 0 Å². The molecule has 0 atom stereocenters. The molecule has 13 heavy (non-hydrogen) atoms. The zero-order valence-corrected chi connectivity index (χ0v) is 7.36. The Morgan fingerprint density at radius 1 is 1.31 bits per heavy atom. The number of nitrogens with zero attached hydrogens (tertiary/aromatic N) is 3. The molecule has 0 unspecified atom stereocenters. The van der Waals surface area contributed by atoms with E-state index in [4.69, 9.17) is 5.73 Å². The first kappa shape index (κ1) is 8.22. The monoisotopic (exact) mass is 180 g/mol. The summed E-state index contributed by atoms with van der Waals surface area (Å²) in [5.41, 5.74) is 5.91. The minimum absolute atomic E-state index is 0.00157. The number of carbonyl (C=O) groups excluding carboxylic acids is 1. The fourth-order valence-corrected chi connectivity index (χ4v) is 1.59. The maximum atomic E-state index is 11.7. The molecule has 5 nitrogen and oxygen atoms in total. The van der Waals surface area contributed by atoms with Gasteiger partial charge in [0.1, 0.15) is 11.5 Å². The van der Waals surface area contributed by atoms with Crippen molar-refractivity contribution in [3.63, 3.8) is 0 Å². The molecule has 70 valence electrons. The SMILES string of the molecule is NC1=NN=C(C(=O)N2CCCC2)C1. The predicted molar refractivity (Wildman–Crippen MR) is 49.5 cm³/mol. The molecule has 2 rings (SSSR count). The van der Waals surface area contributed by atoms with Gasteiger partial charge in [0.15, 0.2) is 0 Å². The minimum Gasteiger partial charge on any atom is -0.385 e. The normalized spacial score (nSPS) is 21.7. The van der Waals surface area contributed by atoms with Gasteiger partial charge in [0.05, 0.1) is 6.42 Å². The first-order valence-electron chi connectivity index (χ1n) is 4.45. The third-order valence-electron chi connectivity index (χ3n) is 2.29. The van der Waals surface area contributed by atoms with E-state index in [1.165, 1.54) is 0 Å². The van der Waals surface area contributed by atoms with Crippen LogP contribution in [0.5, 0.6) is 0 Å². The highest BCUT2D eigenvalue weighted by Gasteiger charge is 2.25. The van der Waals surface area contributed by atoms with E-state index in [2.05, 4.69) is 10.2 Å². The Kier molecular flexibility index (Phi) is 2.00. The van der Waals surface area contributed by atoms with Gasteiger partial charge in [-0.2, -0.15) is 0 Å². The van der Waals surface area contributed by atoms with Crippen molar-refractivity contribution in [3.05, 3.63) is 0 Å². The van der Waals surface area contributed by atoms with Crippen molar-refractivity contribution in [2.45, 2.75) is 19.3 Å². The first-order chi connectivity index (χ1) is 6.27. The van der Waals surface area contributed by atoms with Crippen LogP contribution in [0.3, 0.4) is 0 Å². The molecule has 2 heterocycles. The number of amidine groups is 1. The van der Waals surface area contributed by atoms with Crippen molar-refractivity contribution in [1.29, 1.82) is 0 Å². The lowest BCUT2D eigenvalue weighted by Gasteiger charge is -2.13. The summed E-state index contributed by atoms with van der Waals surface area (Å²) in [6, 6.07) is 0. The maximum Gasteiger partial charge on any atom is 0.270 e. The van der Waals surface area contributed by atoms with Crippen molar-refractivity contribution >= 4 is 17.5 Å². The van der Waals surface area contributed by atoms with E-state index in [0.29, 0.717) is 18.0 Å². The Hall–Kier alpha value is -1.39. The zero-order chi connectivity index (χ0) is 9.26. The van der Waals surface area contributed by atoms with E-state index >= 15 is 0 Å². The first-order valence-corrected chi connectivity index (χ1v) is 4.45. The summed E-state index contributed by atoms with van der Waals surface area (Å²) >= 11 is 0. The number of amides is 1. The fraction of sp³-hybridized carbons (Fsp3) is 0.625. The van der Waals surface area contributed by atoms with Crippen LogP contribution in [-0.2, 0) is 4.79 Å². The predicted octanol–water partition coefficient (Wildman–Crippen LogP) is -0.274. The molecule has 0 bridgehead atoms. The van der Waals surface area contributed by atoms with Crippen LogP contribution in [-0.4, -0.2) is 35.4 Å². The second-order valence-electron chi connectivity index (χ2n) is 3.31. The molecule has 1 fully saturated rings. The standard InChI is InChI=1S/C8H12N4O/c9-7-5-6(10-11-7)8(13)12-3-1-2-4-12/h1-5H2,(H2,9,11). The van der Waals surface area contributed by atoms with Gasteiger partial charge in [-0.05, 0) is 12.8 Å². The molecule has 2 aliphatic heterocycles. The van der Waals surface area contributed by atoms with E-state index < -0.39 is 0 Å². The summed E-state index contributed by atoms with van der Waals surface area (Å²) in [7, 11) is 0. The summed E-state index contributed by atoms with van der Waals surface area (Å²) in [6.07, 6.45) is 2.60. The Labute approximate surface area is 76.3 Å². The molecular formula is C8H12N4O. The van der Waals surface area contributed by atoms with Gasteiger partial charge in [-0.25, -0.2) is 0 Å².